The fourth-order valence-electron chi connectivity index (χ4n) is 4.14. The number of rotatable bonds is 8. The summed E-state index contributed by atoms with van der Waals surface area (Å²) in [5.41, 5.74) is 0.562. The van der Waals surface area contributed by atoms with Crippen LogP contribution in [0.3, 0.4) is 0 Å². The summed E-state index contributed by atoms with van der Waals surface area (Å²) in [6.45, 7) is 5.69. The number of ether oxygens (including phenoxy) is 1. The summed E-state index contributed by atoms with van der Waals surface area (Å²) < 4.78 is 7.18. The number of aromatic nitrogens is 1. The molecule has 0 aliphatic carbocycles. The molecule has 0 saturated carbocycles. The highest BCUT2D eigenvalue weighted by atomic mass is 16.5. The number of carbonyl (C=O) groups is 2. The van der Waals surface area contributed by atoms with Gasteiger partial charge in [0.15, 0.2) is 0 Å². The zero-order chi connectivity index (χ0) is 23.8. The van der Waals surface area contributed by atoms with E-state index < -0.39 is 11.3 Å². The molecule has 7 heteroatoms. The molecule has 33 heavy (non-hydrogen) atoms. The molecule has 0 spiro atoms. The quantitative estimate of drug-likeness (QED) is 0.659. The van der Waals surface area contributed by atoms with Crippen LogP contribution >= 0.6 is 0 Å². The van der Waals surface area contributed by atoms with E-state index in [-0.39, 0.29) is 23.1 Å². The van der Waals surface area contributed by atoms with Gasteiger partial charge in [0.1, 0.15) is 16.9 Å². The van der Waals surface area contributed by atoms with E-state index in [0.29, 0.717) is 26.1 Å². The van der Waals surface area contributed by atoms with Crippen molar-refractivity contribution in [3.63, 3.8) is 0 Å². The zero-order valence-corrected chi connectivity index (χ0v) is 19.9. The molecule has 1 aliphatic rings. The first-order valence-electron chi connectivity index (χ1n) is 11.9. The van der Waals surface area contributed by atoms with Crippen LogP contribution in [0.15, 0.2) is 41.5 Å². The number of methoxy groups -OCH3 is 1. The monoisotopic (exact) mass is 453 g/mol. The van der Waals surface area contributed by atoms with E-state index in [1.165, 1.54) is 0 Å². The molecule has 2 heterocycles. The molecule has 1 aromatic heterocycles. The minimum absolute atomic E-state index is 0.0102. The molecule has 1 aliphatic heterocycles. The van der Waals surface area contributed by atoms with E-state index in [2.05, 4.69) is 5.32 Å². The van der Waals surface area contributed by atoms with Crippen LogP contribution in [0.1, 0.15) is 78.3 Å². The number of carbonyl (C=O) groups excluding carboxylic acids is 2. The van der Waals surface area contributed by atoms with Gasteiger partial charge in [-0.2, -0.15) is 0 Å². The van der Waals surface area contributed by atoms with Crippen LogP contribution in [0, 0.1) is 0 Å². The van der Waals surface area contributed by atoms with Crippen molar-refractivity contribution in [1.82, 2.24) is 14.8 Å². The molecule has 3 rings (SSSR count). The fourth-order valence-corrected chi connectivity index (χ4v) is 4.14. The second-order valence-corrected chi connectivity index (χ2v) is 8.64. The Morgan fingerprint density at radius 2 is 1.73 bits per heavy atom. The Bertz CT molecular complexity index is 1020. The Morgan fingerprint density at radius 3 is 2.39 bits per heavy atom. The summed E-state index contributed by atoms with van der Waals surface area (Å²) in [5, 5.41) is 2.85. The molecule has 0 unspecified atom stereocenters. The Hall–Kier alpha value is -3.09. The van der Waals surface area contributed by atoms with Gasteiger partial charge in [0, 0.05) is 38.1 Å². The number of nitrogens with one attached hydrogen (secondary N) is 1. The maximum absolute atomic E-state index is 13.2. The summed E-state index contributed by atoms with van der Waals surface area (Å²) in [5.74, 6) is 0.0241. The van der Waals surface area contributed by atoms with Gasteiger partial charge in [-0.1, -0.05) is 38.0 Å². The van der Waals surface area contributed by atoms with Crippen LogP contribution in [-0.4, -0.2) is 48.0 Å². The van der Waals surface area contributed by atoms with Gasteiger partial charge < -0.3 is 19.5 Å². The Labute approximate surface area is 195 Å². The minimum Gasteiger partial charge on any atom is -0.496 e. The number of amides is 2. The molecule has 1 atom stereocenters. The van der Waals surface area contributed by atoms with Crippen LogP contribution < -0.4 is 15.5 Å². The Morgan fingerprint density at radius 1 is 1.06 bits per heavy atom. The van der Waals surface area contributed by atoms with Gasteiger partial charge in [0.2, 0.25) is 5.43 Å². The molecular formula is C26H35N3O4. The van der Waals surface area contributed by atoms with Crippen LogP contribution in [0.4, 0.5) is 0 Å². The molecule has 1 N–H and O–H groups in total. The number of benzene rings is 1. The highest BCUT2D eigenvalue weighted by Crippen LogP contribution is 2.18. The maximum Gasteiger partial charge on any atom is 0.259 e. The fraction of sp³-hybridized carbons (Fsp3) is 0.500. The summed E-state index contributed by atoms with van der Waals surface area (Å²) >= 11 is 0. The number of para-hydroxylation sites is 1. The number of likely N-dealkylation sites (tertiary alicyclic amines) is 1. The molecule has 1 saturated heterocycles. The van der Waals surface area contributed by atoms with Gasteiger partial charge in [-0.15, -0.1) is 0 Å². The third kappa shape index (κ3) is 6.03. The normalized spacial score (nSPS) is 14.9. The second kappa shape index (κ2) is 11.7. The van der Waals surface area contributed by atoms with E-state index in [1.807, 2.05) is 42.7 Å². The van der Waals surface area contributed by atoms with Gasteiger partial charge in [-0.05, 0) is 44.2 Å². The molecule has 178 valence electrons. The van der Waals surface area contributed by atoms with Crippen molar-refractivity contribution in [2.24, 2.45) is 0 Å². The number of nitrogens with zero attached hydrogens (tertiary/aromatic N) is 2. The van der Waals surface area contributed by atoms with Crippen molar-refractivity contribution in [2.75, 3.05) is 26.7 Å². The minimum atomic E-state index is -0.501. The largest absolute Gasteiger partial charge is 0.496 e. The molecule has 0 radical (unpaired) electrons. The van der Waals surface area contributed by atoms with Crippen LogP contribution in [0.25, 0.3) is 0 Å². The highest BCUT2D eigenvalue weighted by molar-refractivity contribution is 5.99. The van der Waals surface area contributed by atoms with Gasteiger partial charge in [0.25, 0.3) is 11.8 Å². The molecule has 1 fully saturated rings. The third-order valence-corrected chi connectivity index (χ3v) is 6.39. The van der Waals surface area contributed by atoms with Crippen LogP contribution in [0.2, 0.25) is 0 Å². The van der Waals surface area contributed by atoms with Crippen molar-refractivity contribution in [3.05, 3.63) is 63.6 Å². The van der Waals surface area contributed by atoms with E-state index in [1.54, 1.807) is 24.4 Å². The van der Waals surface area contributed by atoms with Gasteiger partial charge >= 0.3 is 0 Å². The van der Waals surface area contributed by atoms with Crippen molar-refractivity contribution in [1.29, 1.82) is 0 Å². The topological polar surface area (TPSA) is 80.6 Å². The summed E-state index contributed by atoms with van der Waals surface area (Å²) in [6, 6.07) is 7.69. The smallest absolute Gasteiger partial charge is 0.259 e. The first-order valence-corrected chi connectivity index (χ1v) is 11.9. The predicted molar refractivity (Wildman–Crippen MR) is 129 cm³/mol. The lowest BCUT2D eigenvalue weighted by molar-refractivity contribution is 0.0759. The van der Waals surface area contributed by atoms with Crippen LogP contribution in [0.5, 0.6) is 5.75 Å². The first kappa shape index (κ1) is 24.6. The van der Waals surface area contributed by atoms with E-state index in [9.17, 15) is 14.4 Å². The summed E-state index contributed by atoms with van der Waals surface area (Å²) in [7, 11) is 1.61. The number of pyridine rings is 1. The second-order valence-electron chi connectivity index (χ2n) is 8.64. The lowest BCUT2D eigenvalue weighted by Gasteiger charge is -2.22. The third-order valence-electron chi connectivity index (χ3n) is 6.39. The summed E-state index contributed by atoms with van der Waals surface area (Å²) in [4.78, 5) is 41.2. The highest BCUT2D eigenvalue weighted by Gasteiger charge is 2.24. The van der Waals surface area contributed by atoms with Crippen molar-refractivity contribution < 1.29 is 14.3 Å². The summed E-state index contributed by atoms with van der Waals surface area (Å²) in [6.07, 6.45) is 8.65. The SMILES string of the molecule is CC[C@H](C)n1cc(C(=O)NCCc2ccccc2OC)c(=O)c(C(=O)N2CCCCCC2)c1. The van der Waals surface area contributed by atoms with Crippen LogP contribution in [-0.2, 0) is 6.42 Å². The van der Waals surface area contributed by atoms with Gasteiger partial charge in [-0.3, -0.25) is 14.4 Å². The number of hydrogen-bond acceptors (Lipinski definition) is 4. The van der Waals surface area contributed by atoms with Gasteiger partial charge in [0.05, 0.1) is 7.11 Å². The molecule has 0 bridgehead atoms. The molecule has 1 aromatic carbocycles. The van der Waals surface area contributed by atoms with Crippen molar-refractivity contribution in [3.8, 4) is 5.75 Å². The molecule has 2 amide bonds. The molecular weight excluding hydrogens is 418 g/mol. The first-order chi connectivity index (χ1) is 16.0. The average molecular weight is 454 g/mol. The number of hydrogen-bond donors (Lipinski definition) is 1. The van der Waals surface area contributed by atoms with E-state index in [0.717, 1.165) is 43.4 Å². The van der Waals surface area contributed by atoms with E-state index >= 15 is 0 Å². The Kier molecular flexibility index (Phi) is 8.69. The molecule has 7 nitrogen and oxygen atoms in total. The predicted octanol–water partition coefficient (Wildman–Crippen LogP) is 3.82. The van der Waals surface area contributed by atoms with Gasteiger partial charge in [-0.25, -0.2) is 0 Å². The average Bonchev–Trinajstić information content (AvgIpc) is 3.13. The standard InChI is InChI=1S/C26H35N3O4/c1-4-19(2)29-17-21(25(31)27-14-13-20-11-7-8-12-23(20)33-3)24(30)22(18-29)26(32)28-15-9-5-6-10-16-28/h7-8,11-12,17-19H,4-6,9-10,13-16H2,1-3H3,(H,27,31)/t19-/m0/s1. The van der Waals surface area contributed by atoms with Crippen molar-refractivity contribution >= 4 is 11.8 Å². The van der Waals surface area contributed by atoms with Crippen molar-refractivity contribution in [2.45, 2.75) is 58.4 Å². The lowest BCUT2D eigenvalue weighted by Crippen LogP contribution is -2.38. The maximum atomic E-state index is 13.2. The lowest BCUT2D eigenvalue weighted by atomic mass is 10.1. The van der Waals surface area contributed by atoms with E-state index in [4.69, 9.17) is 4.74 Å². The molecule has 2 aromatic rings. The zero-order valence-electron chi connectivity index (χ0n) is 19.9. The Balaban J connectivity index is 1.83.